The number of anilines is 1. The van der Waals surface area contributed by atoms with Crippen LogP contribution in [-0.2, 0) is 11.3 Å². The summed E-state index contributed by atoms with van der Waals surface area (Å²) in [6.45, 7) is 0.981. The standard InChI is InChI=1S/C17H16BrFN6O4.ClH/c18-12-2-1-10(19)7-13(12)28-11-3-5-24(6-4-11)15-8-14(29-22-15)17-20-23-25(21-17)9-16(26)27;/h1-2,7-8,11H,3-6,9H2,(H,26,27);1H. The summed E-state index contributed by atoms with van der Waals surface area (Å²) in [6.07, 6.45) is 1.43. The fraction of sp³-hybridized carbons (Fsp3) is 0.353. The topological polar surface area (TPSA) is 119 Å². The van der Waals surface area contributed by atoms with Crippen molar-refractivity contribution in [1.29, 1.82) is 0 Å². The lowest BCUT2D eigenvalue weighted by molar-refractivity contribution is -0.138. The predicted molar refractivity (Wildman–Crippen MR) is 108 cm³/mol. The lowest BCUT2D eigenvalue weighted by Crippen LogP contribution is -2.38. The molecule has 1 fully saturated rings. The molecule has 2 aromatic heterocycles. The summed E-state index contributed by atoms with van der Waals surface area (Å²) < 4.78 is 25.3. The van der Waals surface area contributed by atoms with Crippen molar-refractivity contribution in [3.05, 3.63) is 34.6 Å². The summed E-state index contributed by atoms with van der Waals surface area (Å²) in [5.41, 5.74) is 0. The molecule has 3 aromatic rings. The van der Waals surface area contributed by atoms with Crippen LogP contribution >= 0.6 is 28.3 Å². The second-order valence-corrected chi connectivity index (χ2v) is 7.32. The Morgan fingerprint density at radius 1 is 1.33 bits per heavy atom. The Morgan fingerprint density at radius 2 is 2.10 bits per heavy atom. The number of nitrogens with zero attached hydrogens (tertiary/aromatic N) is 6. The fourth-order valence-electron chi connectivity index (χ4n) is 3.00. The van der Waals surface area contributed by atoms with Gasteiger partial charge in [-0.25, -0.2) is 4.39 Å². The van der Waals surface area contributed by atoms with Gasteiger partial charge in [0.15, 0.2) is 12.4 Å². The van der Waals surface area contributed by atoms with Gasteiger partial charge in [0.2, 0.25) is 11.6 Å². The number of aromatic nitrogens is 5. The van der Waals surface area contributed by atoms with E-state index in [9.17, 15) is 9.18 Å². The first kappa shape index (κ1) is 22.0. The average Bonchev–Trinajstić information content (AvgIpc) is 3.34. The number of ether oxygens (including phenoxy) is 1. The molecule has 3 heterocycles. The fourth-order valence-corrected chi connectivity index (χ4v) is 3.34. The minimum Gasteiger partial charge on any atom is -0.489 e. The Hall–Kier alpha value is -2.73. The van der Waals surface area contributed by atoms with Gasteiger partial charge in [0.1, 0.15) is 17.7 Å². The Balaban J connectivity index is 0.00000256. The van der Waals surface area contributed by atoms with Crippen molar-refractivity contribution in [2.45, 2.75) is 25.5 Å². The second-order valence-electron chi connectivity index (χ2n) is 6.47. The maximum absolute atomic E-state index is 13.4. The number of benzene rings is 1. The molecule has 4 rings (SSSR count). The van der Waals surface area contributed by atoms with Crippen LogP contribution in [0.3, 0.4) is 0 Å². The van der Waals surface area contributed by atoms with Gasteiger partial charge in [-0.1, -0.05) is 5.16 Å². The van der Waals surface area contributed by atoms with Crippen molar-refractivity contribution in [3.63, 3.8) is 0 Å². The molecule has 0 bridgehead atoms. The molecule has 30 heavy (non-hydrogen) atoms. The molecule has 160 valence electrons. The summed E-state index contributed by atoms with van der Waals surface area (Å²) in [7, 11) is 0. The van der Waals surface area contributed by atoms with E-state index in [1.165, 1.54) is 12.1 Å². The SMILES string of the molecule is Cl.O=C(O)Cn1nnc(-c2cc(N3CCC(Oc4cc(F)ccc4Br)CC3)no2)n1. The average molecular weight is 504 g/mol. The predicted octanol–water partition coefficient (Wildman–Crippen LogP) is 2.78. The molecule has 0 atom stereocenters. The number of hydrogen-bond donors (Lipinski definition) is 1. The third kappa shape index (κ3) is 5.05. The maximum atomic E-state index is 13.4. The zero-order valence-electron chi connectivity index (χ0n) is 15.4. The molecule has 0 spiro atoms. The van der Waals surface area contributed by atoms with E-state index in [1.807, 2.05) is 4.90 Å². The number of rotatable bonds is 6. The van der Waals surface area contributed by atoms with Gasteiger partial charge in [0, 0.05) is 38.1 Å². The first-order valence-corrected chi connectivity index (χ1v) is 9.60. The molecule has 0 unspecified atom stereocenters. The second kappa shape index (κ2) is 9.39. The highest BCUT2D eigenvalue weighted by Gasteiger charge is 2.24. The normalized spacial score (nSPS) is 14.4. The molecular weight excluding hydrogens is 487 g/mol. The lowest BCUT2D eigenvalue weighted by atomic mass is 10.1. The van der Waals surface area contributed by atoms with E-state index in [4.69, 9.17) is 14.4 Å². The number of aliphatic carboxylic acids is 1. The Bertz CT molecular complexity index is 1020. The lowest BCUT2D eigenvalue weighted by Gasteiger charge is -2.32. The molecule has 0 radical (unpaired) electrons. The van der Waals surface area contributed by atoms with Crippen LogP contribution in [0.4, 0.5) is 10.2 Å². The number of tetrazole rings is 1. The van der Waals surface area contributed by atoms with Crippen LogP contribution in [0.15, 0.2) is 33.3 Å². The third-order valence-electron chi connectivity index (χ3n) is 4.40. The van der Waals surface area contributed by atoms with Gasteiger partial charge in [-0.2, -0.15) is 4.80 Å². The van der Waals surface area contributed by atoms with E-state index in [-0.39, 0.29) is 36.7 Å². The Kier molecular flexibility index (Phi) is 6.87. The summed E-state index contributed by atoms with van der Waals surface area (Å²) in [4.78, 5) is 13.7. The van der Waals surface area contributed by atoms with Crippen molar-refractivity contribution >= 4 is 40.1 Å². The van der Waals surface area contributed by atoms with Gasteiger partial charge in [0.25, 0.3) is 0 Å². The largest absolute Gasteiger partial charge is 0.489 e. The minimum absolute atomic E-state index is 0. The molecule has 0 aliphatic carbocycles. The van der Waals surface area contributed by atoms with E-state index in [0.29, 0.717) is 34.9 Å². The van der Waals surface area contributed by atoms with Crippen LogP contribution < -0.4 is 9.64 Å². The molecule has 0 amide bonds. The number of hydrogen-bond acceptors (Lipinski definition) is 8. The molecule has 10 nitrogen and oxygen atoms in total. The number of carbonyl (C=O) groups is 1. The molecule has 1 saturated heterocycles. The van der Waals surface area contributed by atoms with Crippen molar-refractivity contribution in [1.82, 2.24) is 25.4 Å². The number of carboxylic acids is 1. The van der Waals surface area contributed by atoms with Crippen molar-refractivity contribution in [2.24, 2.45) is 0 Å². The summed E-state index contributed by atoms with van der Waals surface area (Å²) in [6, 6.07) is 6.05. The smallest absolute Gasteiger partial charge is 0.327 e. The van der Waals surface area contributed by atoms with Gasteiger partial charge < -0.3 is 19.3 Å². The molecule has 1 N–H and O–H groups in total. The van der Waals surface area contributed by atoms with E-state index < -0.39 is 5.97 Å². The van der Waals surface area contributed by atoms with Crippen LogP contribution in [0.2, 0.25) is 0 Å². The highest BCUT2D eigenvalue weighted by Crippen LogP contribution is 2.30. The molecular formula is C17H17BrClFN6O4. The van der Waals surface area contributed by atoms with E-state index >= 15 is 0 Å². The quantitative estimate of drug-likeness (QED) is 0.541. The van der Waals surface area contributed by atoms with Gasteiger partial charge in [-0.15, -0.1) is 22.6 Å². The number of piperidine rings is 1. The Morgan fingerprint density at radius 3 is 2.83 bits per heavy atom. The van der Waals surface area contributed by atoms with E-state index in [1.54, 1.807) is 12.1 Å². The van der Waals surface area contributed by atoms with Crippen LogP contribution in [0.25, 0.3) is 11.6 Å². The highest BCUT2D eigenvalue weighted by atomic mass is 79.9. The molecule has 0 saturated carbocycles. The first-order chi connectivity index (χ1) is 14.0. The summed E-state index contributed by atoms with van der Waals surface area (Å²) in [5, 5.41) is 24.2. The minimum atomic E-state index is -1.07. The van der Waals surface area contributed by atoms with Crippen LogP contribution in [0, 0.1) is 5.82 Å². The van der Waals surface area contributed by atoms with Gasteiger partial charge in [0.05, 0.1) is 4.47 Å². The van der Waals surface area contributed by atoms with E-state index in [0.717, 1.165) is 17.6 Å². The zero-order chi connectivity index (χ0) is 20.4. The molecule has 1 aliphatic heterocycles. The highest BCUT2D eigenvalue weighted by molar-refractivity contribution is 9.10. The van der Waals surface area contributed by atoms with Crippen LogP contribution in [-0.4, -0.2) is 55.6 Å². The summed E-state index contributed by atoms with van der Waals surface area (Å²) in [5.74, 6) is 0.174. The van der Waals surface area contributed by atoms with Crippen molar-refractivity contribution in [3.8, 4) is 17.3 Å². The number of carboxylic acid groups (broad SMARTS) is 1. The van der Waals surface area contributed by atoms with Gasteiger partial charge in [-0.3, -0.25) is 4.79 Å². The van der Waals surface area contributed by atoms with Gasteiger partial charge >= 0.3 is 5.97 Å². The summed E-state index contributed by atoms with van der Waals surface area (Å²) >= 11 is 3.37. The first-order valence-electron chi connectivity index (χ1n) is 8.81. The third-order valence-corrected chi connectivity index (χ3v) is 5.06. The van der Waals surface area contributed by atoms with Crippen LogP contribution in [0.5, 0.6) is 5.75 Å². The monoisotopic (exact) mass is 502 g/mol. The van der Waals surface area contributed by atoms with Gasteiger partial charge in [-0.05, 0) is 33.3 Å². The van der Waals surface area contributed by atoms with Crippen LogP contribution in [0.1, 0.15) is 12.8 Å². The molecule has 1 aromatic carbocycles. The molecule has 13 heteroatoms. The maximum Gasteiger partial charge on any atom is 0.327 e. The Labute approximate surface area is 184 Å². The zero-order valence-corrected chi connectivity index (χ0v) is 17.8. The van der Waals surface area contributed by atoms with Crippen molar-refractivity contribution < 1.29 is 23.6 Å². The van der Waals surface area contributed by atoms with Crippen molar-refractivity contribution in [2.75, 3.05) is 18.0 Å². The van der Waals surface area contributed by atoms with E-state index in [2.05, 4.69) is 36.5 Å². The molecule has 1 aliphatic rings. The number of halogens is 3.